The molecule has 2 heteroatoms. The number of nitrogens with zero attached hydrogens (tertiary/aromatic N) is 1. The van der Waals surface area contributed by atoms with Crippen molar-refractivity contribution in [3.63, 3.8) is 0 Å². The Balaban J connectivity index is 1.93. The van der Waals surface area contributed by atoms with Crippen molar-refractivity contribution in [2.45, 2.75) is 39.7 Å². The monoisotopic (exact) mass is 270 g/mol. The van der Waals surface area contributed by atoms with Gasteiger partial charge in [-0.25, -0.2) is 0 Å². The number of benzene rings is 1. The topological polar surface area (TPSA) is 29.3 Å². The zero-order valence-corrected chi connectivity index (χ0v) is 12.8. The molecule has 108 valence electrons. The highest BCUT2D eigenvalue weighted by Crippen LogP contribution is 2.30. The number of hydrogen-bond donors (Lipinski definition) is 1. The molecule has 1 aliphatic heterocycles. The van der Waals surface area contributed by atoms with E-state index < -0.39 is 0 Å². The predicted molar refractivity (Wildman–Crippen MR) is 85.3 cm³/mol. The molecule has 0 aromatic heterocycles. The summed E-state index contributed by atoms with van der Waals surface area (Å²) in [7, 11) is 0. The van der Waals surface area contributed by atoms with Crippen LogP contribution in [0.5, 0.6) is 0 Å². The Labute approximate surface area is 123 Å². The molecule has 0 saturated carbocycles. The van der Waals surface area contributed by atoms with E-state index in [1.165, 1.54) is 37.9 Å². The minimum Gasteiger partial charge on any atom is -0.320 e. The Hall–Kier alpha value is -1.30. The third-order valence-electron chi connectivity index (χ3n) is 4.13. The van der Waals surface area contributed by atoms with Crippen LogP contribution in [0.3, 0.4) is 0 Å². The largest absolute Gasteiger partial charge is 0.320 e. The van der Waals surface area contributed by atoms with Crippen molar-refractivity contribution in [3.8, 4) is 11.8 Å². The van der Waals surface area contributed by atoms with Crippen LogP contribution in [0.2, 0.25) is 0 Å². The second kappa shape index (κ2) is 6.92. The molecule has 2 N–H and O–H groups in total. The van der Waals surface area contributed by atoms with Crippen LogP contribution in [0.15, 0.2) is 24.3 Å². The molecule has 1 fully saturated rings. The van der Waals surface area contributed by atoms with E-state index in [4.69, 9.17) is 5.73 Å². The molecule has 0 spiro atoms. The summed E-state index contributed by atoms with van der Waals surface area (Å²) in [5.41, 5.74) is 8.33. The lowest BCUT2D eigenvalue weighted by Crippen LogP contribution is -2.25. The maximum absolute atomic E-state index is 5.39. The van der Waals surface area contributed by atoms with Gasteiger partial charge < -0.3 is 5.73 Å². The molecule has 1 saturated heterocycles. The van der Waals surface area contributed by atoms with E-state index in [1.807, 2.05) is 0 Å². The molecule has 0 amide bonds. The van der Waals surface area contributed by atoms with Gasteiger partial charge in [0.2, 0.25) is 0 Å². The summed E-state index contributed by atoms with van der Waals surface area (Å²) in [6.45, 7) is 8.69. The Morgan fingerprint density at radius 1 is 1.15 bits per heavy atom. The van der Waals surface area contributed by atoms with Gasteiger partial charge in [0, 0.05) is 12.1 Å². The second-order valence-corrected chi connectivity index (χ2v) is 6.50. The van der Waals surface area contributed by atoms with E-state index in [2.05, 4.69) is 54.9 Å². The first-order chi connectivity index (χ1) is 9.59. The average molecular weight is 270 g/mol. The van der Waals surface area contributed by atoms with Crippen molar-refractivity contribution in [1.82, 2.24) is 4.90 Å². The van der Waals surface area contributed by atoms with Crippen LogP contribution in [-0.2, 0) is 6.54 Å². The summed E-state index contributed by atoms with van der Waals surface area (Å²) in [6.07, 6.45) is 3.96. The molecular formula is C18H26N2. The van der Waals surface area contributed by atoms with Gasteiger partial charge in [-0.05, 0) is 55.5 Å². The van der Waals surface area contributed by atoms with Crippen LogP contribution >= 0.6 is 0 Å². The van der Waals surface area contributed by atoms with Gasteiger partial charge >= 0.3 is 0 Å². The van der Waals surface area contributed by atoms with Crippen LogP contribution < -0.4 is 5.73 Å². The maximum atomic E-state index is 5.39. The second-order valence-electron chi connectivity index (χ2n) is 6.50. The molecule has 0 atom stereocenters. The smallest absolute Gasteiger partial charge is 0.0555 e. The highest BCUT2D eigenvalue weighted by atomic mass is 15.1. The molecule has 2 nitrogen and oxygen atoms in total. The lowest BCUT2D eigenvalue weighted by atomic mass is 9.85. The lowest BCUT2D eigenvalue weighted by molar-refractivity contribution is 0.256. The molecule has 1 heterocycles. The first-order valence-corrected chi connectivity index (χ1v) is 7.59. The Morgan fingerprint density at radius 2 is 1.90 bits per heavy atom. The van der Waals surface area contributed by atoms with Gasteiger partial charge in [-0.1, -0.05) is 37.8 Å². The third-order valence-corrected chi connectivity index (χ3v) is 4.13. The first-order valence-electron chi connectivity index (χ1n) is 7.59. The minimum absolute atomic E-state index is 0.422. The van der Waals surface area contributed by atoms with Crippen molar-refractivity contribution < 1.29 is 0 Å². The number of hydrogen-bond acceptors (Lipinski definition) is 2. The molecular weight excluding hydrogens is 244 g/mol. The lowest BCUT2D eigenvalue weighted by Gasteiger charge is -2.23. The molecule has 0 bridgehead atoms. The minimum atomic E-state index is 0.422. The molecule has 1 aromatic carbocycles. The van der Waals surface area contributed by atoms with Crippen LogP contribution in [0.1, 0.15) is 44.2 Å². The first kappa shape index (κ1) is 15.1. The van der Waals surface area contributed by atoms with Crippen LogP contribution in [0.25, 0.3) is 0 Å². The van der Waals surface area contributed by atoms with Crippen molar-refractivity contribution >= 4 is 0 Å². The Kier molecular flexibility index (Phi) is 5.23. The third kappa shape index (κ3) is 4.67. The molecule has 0 unspecified atom stereocenters. The molecule has 0 aliphatic carbocycles. The van der Waals surface area contributed by atoms with E-state index >= 15 is 0 Å². The van der Waals surface area contributed by atoms with E-state index in [1.54, 1.807) is 0 Å². The maximum Gasteiger partial charge on any atom is 0.0555 e. The highest BCUT2D eigenvalue weighted by molar-refractivity contribution is 5.36. The normalized spacial score (nSPS) is 18.9. The zero-order chi connectivity index (χ0) is 14.4. The van der Waals surface area contributed by atoms with Crippen molar-refractivity contribution in [3.05, 3.63) is 35.4 Å². The Morgan fingerprint density at radius 3 is 2.60 bits per heavy atom. The molecule has 1 aliphatic rings. The Bertz CT molecular complexity index is 476. The van der Waals surface area contributed by atoms with E-state index in [0.29, 0.717) is 12.0 Å². The summed E-state index contributed by atoms with van der Waals surface area (Å²) in [5, 5.41) is 0. The van der Waals surface area contributed by atoms with Gasteiger partial charge in [-0.3, -0.25) is 4.90 Å². The van der Waals surface area contributed by atoms with Crippen molar-refractivity contribution in [2.75, 3.05) is 19.6 Å². The van der Waals surface area contributed by atoms with Gasteiger partial charge in [0.05, 0.1) is 6.54 Å². The van der Waals surface area contributed by atoms with Crippen molar-refractivity contribution in [1.29, 1.82) is 0 Å². The quantitative estimate of drug-likeness (QED) is 0.837. The summed E-state index contributed by atoms with van der Waals surface area (Å²) < 4.78 is 0. The van der Waals surface area contributed by atoms with Gasteiger partial charge in [0.25, 0.3) is 0 Å². The fourth-order valence-corrected chi connectivity index (χ4v) is 2.74. The number of likely N-dealkylation sites (tertiary alicyclic amines) is 1. The van der Waals surface area contributed by atoms with Gasteiger partial charge in [0.15, 0.2) is 0 Å². The highest BCUT2D eigenvalue weighted by Gasteiger charge is 2.22. The molecule has 0 radical (unpaired) electrons. The summed E-state index contributed by atoms with van der Waals surface area (Å²) in [5.74, 6) is 5.96. The van der Waals surface area contributed by atoms with Crippen LogP contribution in [0, 0.1) is 17.3 Å². The summed E-state index contributed by atoms with van der Waals surface area (Å²) >= 11 is 0. The van der Waals surface area contributed by atoms with Crippen LogP contribution in [-0.4, -0.2) is 24.5 Å². The zero-order valence-electron chi connectivity index (χ0n) is 12.8. The van der Waals surface area contributed by atoms with Gasteiger partial charge in [-0.15, -0.1) is 0 Å². The number of rotatable bonds is 2. The molecule has 20 heavy (non-hydrogen) atoms. The van der Waals surface area contributed by atoms with E-state index in [9.17, 15) is 0 Å². The fraction of sp³-hybridized carbons (Fsp3) is 0.556. The standard InChI is InChI=1S/C18H26N2/c1-18(2)10-4-13-20(14-11-18)15-17-8-6-16(7-9-17)5-3-12-19/h6-9H,4,10-15,19H2,1-2H3. The average Bonchev–Trinajstić information content (AvgIpc) is 2.59. The molecule has 2 rings (SSSR count). The molecule has 1 aromatic rings. The fourth-order valence-electron chi connectivity index (χ4n) is 2.74. The van der Waals surface area contributed by atoms with E-state index in [-0.39, 0.29) is 0 Å². The van der Waals surface area contributed by atoms with E-state index in [0.717, 1.165) is 12.1 Å². The van der Waals surface area contributed by atoms with Crippen molar-refractivity contribution in [2.24, 2.45) is 11.1 Å². The predicted octanol–water partition coefficient (Wildman–Crippen LogP) is 3.01. The SMILES string of the molecule is CC1(C)CCCN(Cc2ccc(C#CCN)cc2)CC1. The van der Waals surface area contributed by atoms with Gasteiger partial charge in [0.1, 0.15) is 0 Å². The summed E-state index contributed by atoms with van der Waals surface area (Å²) in [4.78, 5) is 2.58. The van der Waals surface area contributed by atoms with Crippen LogP contribution in [0.4, 0.5) is 0 Å². The summed E-state index contributed by atoms with van der Waals surface area (Å²) in [6, 6.07) is 8.58. The van der Waals surface area contributed by atoms with Gasteiger partial charge in [-0.2, -0.15) is 0 Å². The number of nitrogens with two attached hydrogens (primary N) is 1.